The Morgan fingerprint density at radius 3 is 2.35 bits per heavy atom. The molecule has 0 atom stereocenters. The van der Waals surface area contributed by atoms with Crippen molar-refractivity contribution in [2.24, 2.45) is 0 Å². The summed E-state index contributed by atoms with van der Waals surface area (Å²) in [5, 5.41) is 2.26. The Bertz CT molecular complexity index is 686. The Morgan fingerprint density at radius 1 is 0.882 bits per heavy atom. The van der Waals surface area contributed by atoms with E-state index < -0.39 is 0 Å². The summed E-state index contributed by atoms with van der Waals surface area (Å²) in [5.74, 6) is 0. The SMILES string of the molecule is Cc1ccccc1-c1sc2c(C)csc2c1C. The van der Waals surface area contributed by atoms with Crippen molar-refractivity contribution >= 4 is 32.1 Å². The fourth-order valence-corrected chi connectivity index (χ4v) is 4.82. The molecule has 0 nitrogen and oxygen atoms in total. The van der Waals surface area contributed by atoms with Gasteiger partial charge in [-0.25, -0.2) is 0 Å². The van der Waals surface area contributed by atoms with Crippen LogP contribution in [-0.2, 0) is 0 Å². The highest BCUT2D eigenvalue weighted by molar-refractivity contribution is 7.29. The highest BCUT2D eigenvalue weighted by Gasteiger charge is 2.14. The Morgan fingerprint density at radius 2 is 1.65 bits per heavy atom. The molecule has 3 aromatic rings. The number of benzene rings is 1. The average molecular weight is 258 g/mol. The van der Waals surface area contributed by atoms with Crippen molar-refractivity contribution in [3.05, 3.63) is 46.3 Å². The van der Waals surface area contributed by atoms with Crippen LogP contribution in [0.1, 0.15) is 16.7 Å². The van der Waals surface area contributed by atoms with Gasteiger partial charge in [0.15, 0.2) is 0 Å². The normalized spacial score (nSPS) is 11.2. The summed E-state index contributed by atoms with van der Waals surface area (Å²) in [4.78, 5) is 1.44. The van der Waals surface area contributed by atoms with E-state index in [0.717, 1.165) is 0 Å². The Kier molecular flexibility index (Phi) is 2.57. The molecule has 86 valence electrons. The Hall–Kier alpha value is -1.12. The van der Waals surface area contributed by atoms with Gasteiger partial charge < -0.3 is 0 Å². The highest BCUT2D eigenvalue weighted by atomic mass is 32.1. The van der Waals surface area contributed by atoms with Gasteiger partial charge in [0, 0.05) is 14.3 Å². The van der Waals surface area contributed by atoms with E-state index in [9.17, 15) is 0 Å². The molecular weight excluding hydrogens is 244 g/mol. The third-order valence-electron chi connectivity index (χ3n) is 3.19. The lowest BCUT2D eigenvalue weighted by molar-refractivity contribution is 1.46. The van der Waals surface area contributed by atoms with Gasteiger partial charge in [-0.3, -0.25) is 0 Å². The third-order valence-corrected chi connectivity index (χ3v) is 6.00. The Labute approximate surface area is 110 Å². The van der Waals surface area contributed by atoms with Gasteiger partial charge in [0.05, 0.1) is 0 Å². The van der Waals surface area contributed by atoms with Crippen molar-refractivity contribution in [2.75, 3.05) is 0 Å². The van der Waals surface area contributed by atoms with E-state index in [4.69, 9.17) is 0 Å². The number of aryl methyl sites for hydroxylation is 3. The second-order valence-electron chi connectivity index (χ2n) is 4.45. The van der Waals surface area contributed by atoms with Gasteiger partial charge in [-0.15, -0.1) is 22.7 Å². The highest BCUT2D eigenvalue weighted by Crippen LogP contribution is 2.43. The fraction of sp³-hybridized carbons (Fsp3) is 0.200. The summed E-state index contributed by atoms with van der Waals surface area (Å²) in [6, 6.07) is 8.65. The quantitative estimate of drug-likeness (QED) is 0.536. The summed E-state index contributed by atoms with van der Waals surface area (Å²) in [6.07, 6.45) is 0. The van der Waals surface area contributed by atoms with Crippen molar-refractivity contribution in [1.29, 1.82) is 0 Å². The zero-order valence-electron chi connectivity index (χ0n) is 10.2. The van der Waals surface area contributed by atoms with Crippen LogP contribution in [0.3, 0.4) is 0 Å². The molecule has 0 radical (unpaired) electrons. The molecule has 0 spiro atoms. The van der Waals surface area contributed by atoms with E-state index in [1.807, 2.05) is 22.7 Å². The lowest BCUT2D eigenvalue weighted by atomic mass is 10.1. The van der Waals surface area contributed by atoms with Gasteiger partial charge in [-0.2, -0.15) is 0 Å². The third kappa shape index (κ3) is 1.63. The van der Waals surface area contributed by atoms with Crippen LogP contribution < -0.4 is 0 Å². The van der Waals surface area contributed by atoms with E-state index in [1.165, 1.54) is 36.5 Å². The summed E-state index contributed by atoms with van der Waals surface area (Å²) in [6.45, 7) is 6.64. The minimum atomic E-state index is 1.36. The standard InChI is InChI=1S/C15H14S2/c1-9-6-4-5-7-12(9)14-11(3)15-13(17-14)10(2)8-16-15/h4-8H,1-3H3. The van der Waals surface area contributed by atoms with E-state index in [1.54, 1.807) is 0 Å². The second kappa shape index (κ2) is 3.97. The van der Waals surface area contributed by atoms with Crippen LogP contribution >= 0.6 is 22.7 Å². The number of rotatable bonds is 1. The number of hydrogen-bond donors (Lipinski definition) is 0. The molecule has 0 fully saturated rings. The lowest BCUT2D eigenvalue weighted by Crippen LogP contribution is -1.80. The largest absolute Gasteiger partial charge is 0.142 e. The van der Waals surface area contributed by atoms with Gasteiger partial charge in [0.2, 0.25) is 0 Å². The van der Waals surface area contributed by atoms with E-state index >= 15 is 0 Å². The molecule has 1 aromatic carbocycles. The molecule has 0 saturated carbocycles. The van der Waals surface area contributed by atoms with E-state index in [-0.39, 0.29) is 0 Å². The Balaban J connectivity index is 2.31. The van der Waals surface area contributed by atoms with Crippen LogP contribution in [0, 0.1) is 20.8 Å². The smallest absolute Gasteiger partial charge is 0.0489 e. The monoisotopic (exact) mass is 258 g/mol. The second-order valence-corrected chi connectivity index (χ2v) is 6.35. The molecule has 2 heterocycles. The van der Waals surface area contributed by atoms with Gasteiger partial charge in [-0.05, 0) is 48.4 Å². The number of thiophene rings is 2. The first-order chi connectivity index (χ1) is 8.18. The van der Waals surface area contributed by atoms with Gasteiger partial charge in [-0.1, -0.05) is 24.3 Å². The first-order valence-corrected chi connectivity index (χ1v) is 7.41. The first kappa shape index (κ1) is 11.0. The van der Waals surface area contributed by atoms with E-state index in [0.29, 0.717) is 0 Å². The van der Waals surface area contributed by atoms with Crippen LogP contribution in [0.15, 0.2) is 29.6 Å². The molecule has 0 N–H and O–H groups in total. The molecule has 0 unspecified atom stereocenters. The average Bonchev–Trinajstić information content (AvgIpc) is 2.83. The van der Waals surface area contributed by atoms with Crippen molar-refractivity contribution in [3.8, 4) is 10.4 Å². The topological polar surface area (TPSA) is 0 Å². The molecule has 0 bridgehead atoms. The van der Waals surface area contributed by atoms with Crippen molar-refractivity contribution in [3.63, 3.8) is 0 Å². The lowest BCUT2D eigenvalue weighted by Gasteiger charge is -2.03. The summed E-state index contributed by atoms with van der Waals surface area (Å²) in [5.41, 5.74) is 5.61. The zero-order valence-corrected chi connectivity index (χ0v) is 11.8. The van der Waals surface area contributed by atoms with Gasteiger partial charge in [0.25, 0.3) is 0 Å². The van der Waals surface area contributed by atoms with Crippen LogP contribution in [-0.4, -0.2) is 0 Å². The molecule has 0 saturated heterocycles. The zero-order chi connectivity index (χ0) is 12.0. The number of fused-ring (bicyclic) bond motifs is 1. The van der Waals surface area contributed by atoms with Crippen LogP contribution in [0.25, 0.3) is 19.8 Å². The summed E-state index contributed by atoms with van der Waals surface area (Å²) < 4.78 is 2.93. The molecule has 3 rings (SSSR count). The van der Waals surface area contributed by atoms with Crippen LogP contribution in [0.2, 0.25) is 0 Å². The molecule has 0 aliphatic heterocycles. The minimum Gasteiger partial charge on any atom is -0.142 e. The summed E-state index contributed by atoms with van der Waals surface area (Å²) in [7, 11) is 0. The minimum absolute atomic E-state index is 1.36. The number of hydrogen-bond acceptors (Lipinski definition) is 2. The molecular formula is C15H14S2. The predicted molar refractivity (Wildman–Crippen MR) is 79.3 cm³/mol. The van der Waals surface area contributed by atoms with Gasteiger partial charge >= 0.3 is 0 Å². The van der Waals surface area contributed by atoms with Crippen LogP contribution in [0.5, 0.6) is 0 Å². The molecule has 17 heavy (non-hydrogen) atoms. The maximum Gasteiger partial charge on any atom is 0.0489 e. The summed E-state index contributed by atoms with van der Waals surface area (Å²) >= 11 is 3.81. The predicted octanol–water partition coefficient (Wildman–Crippen LogP) is 5.56. The van der Waals surface area contributed by atoms with Crippen molar-refractivity contribution in [2.45, 2.75) is 20.8 Å². The maximum absolute atomic E-state index is 2.26. The molecule has 0 aliphatic rings. The molecule has 0 amide bonds. The molecule has 0 aliphatic carbocycles. The molecule has 2 aromatic heterocycles. The van der Waals surface area contributed by atoms with Gasteiger partial charge in [0.1, 0.15) is 0 Å². The fourth-order valence-electron chi connectivity index (χ4n) is 2.19. The van der Waals surface area contributed by atoms with Crippen molar-refractivity contribution < 1.29 is 0 Å². The van der Waals surface area contributed by atoms with Crippen LogP contribution in [0.4, 0.5) is 0 Å². The molecule has 2 heteroatoms. The first-order valence-electron chi connectivity index (χ1n) is 5.71. The van der Waals surface area contributed by atoms with Crippen molar-refractivity contribution in [1.82, 2.24) is 0 Å². The van der Waals surface area contributed by atoms with E-state index in [2.05, 4.69) is 50.4 Å². The maximum atomic E-state index is 2.26.